The van der Waals surface area contributed by atoms with Crippen LogP contribution in [-0.2, 0) is 0 Å². The molecule has 19 heavy (non-hydrogen) atoms. The second-order valence-electron chi connectivity index (χ2n) is 4.08. The topological polar surface area (TPSA) is 38.0 Å². The van der Waals surface area contributed by atoms with Crippen LogP contribution in [0.15, 0.2) is 46.9 Å². The summed E-state index contributed by atoms with van der Waals surface area (Å²) in [4.78, 5) is 0. The third-order valence-corrected chi connectivity index (χ3v) is 3.70. The van der Waals surface area contributed by atoms with Gasteiger partial charge in [-0.3, -0.25) is 0 Å². The normalized spacial score (nSPS) is 12.2. The van der Waals surface area contributed by atoms with Gasteiger partial charge in [-0.2, -0.15) is 0 Å². The van der Waals surface area contributed by atoms with Gasteiger partial charge >= 0.3 is 0 Å². The van der Waals surface area contributed by atoms with Gasteiger partial charge in [0.2, 0.25) is 0 Å². The molecule has 0 saturated heterocycles. The number of halogens is 3. The SMILES string of the molecule is NCC(Nc1ccccc1Br)c1ccc(Cl)cc1F. The van der Waals surface area contributed by atoms with Crippen molar-refractivity contribution in [2.75, 3.05) is 11.9 Å². The Hall–Kier alpha value is -1.10. The summed E-state index contributed by atoms with van der Waals surface area (Å²) in [5.74, 6) is -0.359. The van der Waals surface area contributed by atoms with E-state index in [0.29, 0.717) is 10.6 Å². The first kappa shape index (κ1) is 14.3. The summed E-state index contributed by atoms with van der Waals surface area (Å²) in [7, 11) is 0. The minimum atomic E-state index is -0.359. The van der Waals surface area contributed by atoms with Crippen LogP contribution >= 0.6 is 27.5 Å². The van der Waals surface area contributed by atoms with Gasteiger partial charge in [0, 0.05) is 27.3 Å². The molecule has 0 aliphatic carbocycles. The van der Waals surface area contributed by atoms with E-state index in [2.05, 4.69) is 21.2 Å². The number of nitrogens with one attached hydrogen (secondary N) is 1. The highest BCUT2D eigenvalue weighted by Crippen LogP contribution is 2.27. The Labute approximate surface area is 124 Å². The van der Waals surface area contributed by atoms with Crippen molar-refractivity contribution in [1.82, 2.24) is 0 Å². The van der Waals surface area contributed by atoms with Crippen molar-refractivity contribution < 1.29 is 4.39 Å². The number of anilines is 1. The van der Waals surface area contributed by atoms with E-state index in [1.807, 2.05) is 24.3 Å². The van der Waals surface area contributed by atoms with Gasteiger partial charge in [-0.1, -0.05) is 29.8 Å². The van der Waals surface area contributed by atoms with E-state index < -0.39 is 0 Å². The zero-order valence-electron chi connectivity index (χ0n) is 10.0. The van der Waals surface area contributed by atoms with Crippen LogP contribution in [0, 0.1) is 5.82 Å². The van der Waals surface area contributed by atoms with Crippen molar-refractivity contribution in [3.63, 3.8) is 0 Å². The lowest BCUT2D eigenvalue weighted by molar-refractivity contribution is 0.593. The second-order valence-corrected chi connectivity index (χ2v) is 5.37. The average molecular weight is 344 g/mol. The molecule has 1 atom stereocenters. The Morgan fingerprint density at radius 1 is 1.26 bits per heavy atom. The molecular formula is C14H13BrClFN2. The van der Waals surface area contributed by atoms with Gasteiger partial charge in [-0.05, 0) is 40.2 Å². The van der Waals surface area contributed by atoms with Crippen molar-refractivity contribution in [2.45, 2.75) is 6.04 Å². The molecule has 100 valence electrons. The molecule has 0 saturated carbocycles. The number of rotatable bonds is 4. The zero-order chi connectivity index (χ0) is 13.8. The van der Waals surface area contributed by atoms with Crippen LogP contribution in [0.1, 0.15) is 11.6 Å². The van der Waals surface area contributed by atoms with Crippen LogP contribution in [-0.4, -0.2) is 6.54 Å². The monoisotopic (exact) mass is 342 g/mol. The summed E-state index contributed by atoms with van der Waals surface area (Å²) in [6, 6.07) is 11.9. The molecule has 0 bridgehead atoms. The Kier molecular flexibility index (Phi) is 4.80. The average Bonchev–Trinajstić information content (AvgIpc) is 2.39. The molecule has 2 rings (SSSR count). The lowest BCUT2D eigenvalue weighted by Crippen LogP contribution is -2.21. The van der Waals surface area contributed by atoms with Crippen molar-refractivity contribution >= 4 is 33.2 Å². The number of hydrogen-bond acceptors (Lipinski definition) is 2. The van der Waals surface area contributed by atoms with E-state index in [4.69, 9.17) is 17.3 Å². The second kappa shape index (κ2) is 6.37. The number of hydrogen-bond donors (Lipinski definition) is 2. The summed E-state index contributed by atoms with van der Waals surface area (Å²) >= 11 is 9.19. The van der Waals surface area contributed by atoms with E-state index >= 15 is 0 Å². The third-order valence-electron chi connectivity index (χ3n) is 2.78. The molecule has 0 aliphatic rings. The van der Waals surface area contributed by atoms with E-state index in [1.54, 1.807) is 12.1 Å². The van der Waals surface area contributed by atoms with E-state index in [9.17, 15) is 4.39 Å². The Bertz CT molecular complexity index is 577. The quantitative estimate of drug-likeness (QED) is 0.866. The molecule has 3 N–H and O–H groups in total. The maximum Gasteiger partial charge on any atom is 0.130 e. The lowest BCUT2D eigenvalue weighted by Gasteiger charge is -2.20. The van der Waals surface area contributed by atoms with Crippen molar-refractivity contribution in [3.05, 3.63) is 63.3 Å². The van der Waals surface area contributed by atoms with Gasteiger partial charge < -0.3 is 11.1 Å². The van der Waals surface area contributed by atoms with Gasteiger partial charge in [0.15, 0.2) is 0 Å². The molecule has 0 amide bonds. The minimum Gasteiger partial charge on any atom is -0.376 e. The van der Waals surface area contributed by atoms with Crippen LogP contribution in [0.2, 0.25) is 5.02 Å². The maximum absolute atomic E-state index is 13.9. The molecule has 0 aliphatic heterocycles. The molecule has 2 aromatic carbocycles. The molecule has 0 heterocycles. The molecule has 0 fully saturated rings. The van der Waals surface area contributed by atoms with Gasteiger partial charge in [0.05, 0.1) is 6.04 Å². The molecular weight excluding hydrogens is 331 g/mol. The summed E-state index contributed by atoms with van der Waals surface area (Å²) < 4.78 is 14.8. The molecule has 0 radical (unpaired) electrons. The van der Waals surface area contributed by atoms with E-state index in [0.717, 1.165) is 10.2 Å². The number of benzene rings is 2. The van der Waals surface area contributed by atoms with Crippen LogP contribution in [0.5, 0.6) is 0 Å². The zero-order valence-corrected chi connectivity index (χ0v) is 12.4. The Morgan fingerprint density at radius 2 is 2.00 bits per heavy atom. The maximum atomic E-state index is 13.9. The van der Waals surface area contributed by atoms with Crippen LogP contribution < -0.4 is 11.1 Å². The van der Waals surface area contributed by atoms with Crippen LogP contribution in [0.4, 0.5) is 10.1 Å². The molecule has 0 aromatic heterocycles. The third kappa shape index (κ3) is 3.47. The Morgan fingerprint density at radius 3 is 2.63 bits per heavy atom. The predicted molar refractivity (Wildman–Crippen MR) is 81.0 cm³/mol. The molecule has 5 heteroatoms. The first-order valence-corrected chi connectivity index (χ1v) is 6.95. The fourth-order valence-corrected chi connectivity index (χ4v) is 2.37. The lowest BCUT2D eigenvalue weighted by atomic mass is 10.1. The largest absolute Gasteiger partial charge is 0.376 e. The standard InChI is InChI=1S/C14H13BrClFN2/c15-11-3-1-2-4-13(11)19-14(8-18)10-6-5-9(16)7-12(10)17/h1-7,14,19H,8,18H2. The Balaban J connectivity index is 2.28. The smallest absolute Gasteiger partial charge is 0.130 e. The van der Waals surface area contributed by atoms with Gasteiger partial charge in [-0.15, -0.1) is 0 Å². The number of nitrogens with two attached hydrogens (primary N) is 1. The van der Waals surface area contributed by atoms with E-state index in [1.165, 1.54) is 6.07 Å². The number of para-hydroxylation sites is 1. The minimum absolute atomic E-state index is 0.278. The summed E-state index contributed by atoms with van der Waals surface area (Å²) in [6.45, 7) is 0.278. The predicted octanol–water partition coefficient (Wildman–Crippen LogP) is 4.35. The summed E-state index contributed by atoms with van der Waals surface area (Å²) in [5.41, 5.74) is 7.10. The van der Waals surface area contributed by atoms with Crippen molar-refractivity contribution in [3.8, 4) is 0 Å². The highest BCUT2D eigenvalue weighted by molar-refractivity contribution is 9.10. The molecule has 1 unspecified atom stereocenters. The molecule has 0 spiro atoms. The first-order valence-electron chi connectivity index (χ1n) is 5.78. The van der Waals surface area contributed by atoms with Crippen molar-refractivity contribution in [2.24, 2.45) is 5.73 Å². The first-order chi connectivity index (χ1) is 9.11. The fourth-order valence-electron chi connectivity index (χ4n) is 1.81. The van der Waals surface area contributed by atoms with Crippen molar-refractivity contribution in [1.29, 1.82) is 0 Å². The van der Waals surface area contributed by atoms with Gasteiger partial charge in [-0.25, -0.2) is 4.39 Å². The highest BCUT2D eigenvalue weighted by Gasteiger charge is 2.15. The molecule has 2 aromatic rings. The highest BCUT2D eigenvalue weighted by atomic mass is 79.9. The summed E-state index contributed by atoms with van der Waals surface area (Å²) in [6.07, 6.45) is 0. The summed E-state index contributed by atoms with van der Waals surface area (Å²) in [5, 5.41) is 3.59. The fraction of sp³-hybridized carbons (Fsp3) is 0.143. The van der Waals surface area contributed by atoms with Crippen LogP contribution in [0.25, 0.3) is 0 Å². The van der Waals surface area contributed by atoms with Crippen LogP contribution in [0.3, 0.4) is 0 Å². The van der Waals surface area contributed by atoms with Gasteiger partial charge in [0.25, 0.3) is 0 Å². The molecule has 2 nitrogen and oxygen atoms in total. The van der Waals surface area contributed by atoms with E-state index in [-0.39, 0.29) is 18.4 Å². The van der Waals surface area contributed by atoms with Gasteiger partial charge in [0.1, 0.15) is 5.82 Å².